The first kappa shape index (κ1) is 19.0. The number of aromatic hydroxyl groups is 2. The smallest absolute Gasteiger partial charge is 0.342 e. The van der Waals surface area contributed by atoms with E-state index in [9.17, 15) is 19.8 Å². The zero-order chi connectivity index (χ0) is 18.4. The van der Waals surface area contributed by atoms with Gasteiger partial charge in [0, 0.05) is 25.2 Å². The molecule has 0 spiro atoms. The first-order valence-corrected chi connectivity index (χ1v) is 8.12. The lowest BCUT2D eigenvalue weighted by molar-refractivity contribution is -0.114. The molecule has 134 valence electrons. The van der Waals surface area contributed by atoms with Crippen molar-refractivity contribution in [2.45, 2.75) is 25.4 Å². The first-order chi connectivity index (χ1) is 11.9. The average molecular weight is 367 g/mol. The third kappa shape index (κ3) is 4.84. The molecule has 1 atom stereocenters. The van der Waals surface area contributed by atoms with Crippen molar-refractivity contribution >= 4 is 23.4 Å². The van der Waals surface area contributed by atoms with Crippen molar-refractivity contribution in [2.75, 3.05) is 13.7 Å². The predicted molar refractivity (Wildman–Crippen MR) is 92.1 cm³/mol. The molecular formula is C18H19ClO6. The van der Waals surface area contributed by atoms with Crippen molar-refractivity contribution in [2.24, 2.45) is 0 Å². The van der Waals surface area contributed by atoms with Gasteiger partial charge in [-0.2, -0.15) is 0 Å². The molecule has 2 rings (SSSR count). The Bertz CT molecular complexity index is 723. The van der Waals surface area contributed by atoms with Crippen LogP contribution in [-0.4, -0.2) is 41.8 Å². The molecule has 1 aromatic rings. The summed E-state index contributed by atoms with van der Waals surface area (Å²) in [7, 11) is 1.57. The van der Waals surface area contributed by atoms with E-state index in [4.69, 9.17) is 21.1 Å². The number of esters is 1. The molecule has 0 fully saturated rings. The summed E-state index contributed by atoms with van der Waals surface area (Å²) in [6.07, 6.45) is 7.14. The highest BCUT2D eigenvalue weighted by molar-refractivity contribution is 6.33. The Kier molecular flexibility index (Phi) is 6.61. The molecule has 1 aliphatic rings. The Morgan fingerprint density at radius 3 is 2.72 bits per heavy atom. The van der Waals surface area contributed by atoms with Gasteiger partial charge >= 0.3 is 5.97 Å². The fourth-order valence-corrected chi connectivity index (χ4v) is 2.69. The van der Waals surface area contributed by atoms with Gasteiger partial charge < -0.3 is 19.7 Å². The summed E-state index contributed by atoms with van der Waals surface area (Å²) in [6, 6.07) is 0.954. The summed E-state index contributed by atoms with van der Waals surface area (Å²) < 4.78 is 10.4. The molecule has 1 aliphatic heterocycles. The van der Waals surface area contributed by atoms with Crippen LogP contribution in [0.2, 0.25) is 5.02 Å². The van der Waals surface area contributed by atoms with Crippen molar-refractivity contribution in [3.8, 4) is 11.5 Å². The maximum atomic E-state index is 12.3. The van der Waals surface area contributed by atoms with E-state index in [1.165, 1.54) is 6.08 Å². The highest BCUT2D eigenvalue weighted by Crippen LogP contribution is 2.37. The number of phenolic OH excluding ortho intramolecular Hbond substituents is 2. The second-order valence-corrected chi connectivity index (χ2v) is 5.90. The van der Waals surface area contributed by atoms with E-state index in [1.807, 2.05) is 0 Å². The van der Waals surface area contributed by atoms with Gasteiger partial charge in [0.1, 0.15) is 17.1 Å². The minimum Gasteiger partial charge on any atom is -0.507 e. The van der Waals surface area contributed by atoms with E-state index < -0.39 is 17.5 Å². The number of benzene rings is 1. The third-order valence-corrected chi connectivity index (χ3v) is 4.19. The standard InChI is InChI=1S/C18H19ClO6/c1-24-12-6-3-2-5-11(20)9-13-16(18(23)25-8-4-7-12)14(21)10-15(22)17(13)19/h2-3,5-6,10,12,21-22H,4,7-9H2,1H3/b5-2+,6-3-. The van der Waals surface area contributed by atoms with Gasteiger partial charge in [0.2, 0.25) is 0 Å². The number of hydrogen-bond acceptors (Lipinski definition) is 6. The Morgan fingerprint density at radius 1 is 1.24 bits per heavy atom. The van der Waals surface area contributed by atoms with Crippen LogP contribution in [0.25, 0.3) is 0 Å². The molecule has 0 amide bonds. The molecular weight excluding hydrogens is 348 g/mol. The van der Waals surface area contributed by atoms with Crippen LogP contribution < -0.4 is 0 Å². The van der Waals surface area contributed by atoms with Crippen LogP contribution in [0.5, 0.6) is 11.5 Å². The zero-order valence-corrected chi connectivity index (χ0v) is 14.5. The number of halogens is 1. The van der Waals surface area contributed by atoms with Crippen LogP contribution >= 0.6 is 11.6 Å². The molecule has 2 N–H and O–H groups in total. The molecule has 7 heteroatoms. The van der Waals surface area contributed by atoms with E-state index in [-0.39, 0.29) is 41.1 Å². The minimum atomic E-state index is -0.798. The number of hydrogen-bond donors (Lipinski definition) is 2. The number of methoxy groups -OCH3 is 1. The summed E-state index contributed by atoms with van der Waals surface area (Å²) in [5.41, 5.74) is -0.171. The largest absolute Gasteiger partial charge is 0.507 e. The molecule has 0 saturated heterocycles. The predicted octanol–water partition coefficient (Wildman–Crippen LogP) is 2.94. The van der Waals surface area contributed by atoms with Gasteiger partial charge in [0.25, 0.3) is 0 Å². The number of ketones is 1. The topological polar surface area (TPSA) is 93.1 Å². The monoisotopic (exact) mass is 366 g/mol. The van der Waals surface area contributed by atoms with Crippen molar-refractivity contribution in [1.82, 2.24) is 0 Å². The van der Waals surface area contributed by atoms with E-state index in [0.29, 0.717) is 12.8 Å². The molecule has 0 aromatic heterocycles. The Hall–Kier alpha value is -2.31. The number of ether oxygens (including phenoxy) is 2. The van der Waals surface area contributed by atoms with Crippen molar-refractivity contribution in [3.05, 3.63) is 46.5 Å². The second-order valence-electron chi connectivity index (χ2n) is 5.52. The lowest BCUT2D eigenvalue weighted by atomic mass is 10.00. The number of carbonyl (C=O) groups is 2. The van der Waals surface area contributed by atoms with Crippen LogP contribution in [-0.2, 0) is 20.7 Å². The normalized spacial score (nSPS) is 21.8. The number of phenols is 2. The van der Waals surface area contributed by atoms with E-state index >= 15 is 0 Å². The summed E-state index contributed by atoms with van der Waals surface area (Å²) in [6.45, 7) is 0.119. The highest BCUT2D eigenvalue weighted by Gasteiger charge is 2.24. The van der Waals surface area contributed by atoms with Crippen LogP contribution in [0.1, 0.15) is 28.8 Å². The number of carbonyl (C=O) groups excluding carboxylic acids is 2. The van der Waals surface area contributed by atoms with Crippen molar-refractivity contribution in [3.63, 3.8) is 0 Å². The number of cyclic esters (lactones) is 1. The van der Waals surface area contributed by atoms with Crippen molar-refractivity contribution < 1.29 is 29.3 Å². The van der Waals surface area contributed by atoms with Gasteiger partial charge in [-0.3, -0.25) is 4.79 Å². The van der Waals surface area contributed by atoms with Crippen LogP contribution in [0.3, 0.4) is 0 Å². The maximum Gasteiger partial charge on any atom is 0.342 e. The zero-order valence-electron chi connectivity index (χ0n) is 13.7. The summed E-state index contributed by atoms with van der Waals surface area (Å²) in [5.74, 6) is -2.05. The summed E-state index contributed by atoms with van der Waals surface area (Å²) >= 11 is 6.03. The number of fused-ring (bicyclic) bond motifs is 1. The van der Waals surface area contributed by atoms with Crippen LogP contribution in [0.15, 0.2) is 30.4 Å². The molecule has 1 unspecified atom stereocenters. The Balaban J connectivity index is 2.42. The van der Waals surface area contributed by atoms with Gasteiger partial charge in [-0.25, -0.2) is 4.79 Å². The molecule has 0 bridgehead atoms. The van der Waals surface area contributed by atoms with Crippen LogP contribution in [0, 0.1) is 0 Å². The van der Waals surface area contributed by atoms with Gasteiger partial charge in [-0.05, 0) is 18.9 Å². The third-order valence-electron chi connectivity index (χ3n) is 3.76. The molecule has 0 aliphatic carbocycles. The molecule has 25 heavy (non-hydrogen) atoms. The fraction of sp³-hybridized carbons (Fsp3) is 0.333. The van der Waals surface area contributed by atoms with Crippen molar-refractivity contribution in [1.29, 1.82) is 0 Å². The fourth-order valence-electron chi connectivity index (χ4n) is 2.48. The van der Waals surface area contributed by atoms with Gasteiger partial charge in [-0.1, -0.05) is 29.8 Å². The first-order valence-electron chi connectivity index (χ1n) is 7.75. The lowest BCUT2D eigenvalue weighted by Gasteiger charge is -2.15. The quantitative estimate of drug-likeness (QED) is 0.742. The molecule has 1 heterocycles. The average Bonchev–Trinajstić information content (AvgIpc) is 2.57. The SMILES string of the molecule is COC1/C=C\C=C\C(=O)Cc2c(Cl)c(O)cc(O)c2C(=O)OCCC1. The highest BCUT2D eigenvalue weighted by atomic mass is 35.5. The van der Waals surface area contributed by atoms with E-state index in [2.05, 4.69) is 0 Å². The second kappa shape index (κ2) is 8.69. The molecule has 0 radical (unpaired) electrons. The van der Waals surface area contributed by atoms with Gasteiger partial charge in [0.05, 0.1) is 17.7 Å². The Labute approximate surface area is 150 Å². The molecule has 0 saturated carbocycles. The molecule has 1 aromatic carbocycles. The summed E-state index contributed by atoms with van der Waals surface area (Å²) in [4.78, 5) is 24.4. The molecule has 6 nitrogen and oxygen atoms in total. The lowest BCUT2D eigenvalue weighted by Crippen LogP contribution is -2.14. The number of allylic oxidation sites excluding steroid dienone is 3. The van der Waals surface area contributed by atoms with E-state index in [0.717, 1.165) is 6.07 Å². The summed E-state index contributed by atoms with van der Waals surface area (Å²) in [5, 5.41) is 19.6. The van der Waals surface area contributed by atoms with Crippen LogP contribution in [0.4, 0.5) is 0 Å². The van der Waals surface area contributed by atoms with E-state index in [1.54, 1.807) is 25.3 Å². The minimum absolute atomic E-state index is 0.0367. The Morgan fingerprint density at radius 2 is 2.00 bits per heavy atom. The van der Waals surface area contributed by atoms with Gasteiger partial charge in [-0.15, -0.1) is 0 Å². The maximum absolute atomic E-state index is 12.3. The van der Waals surface area contributed by atoms with Gasteiger partial charge in [0.15, 0.2) is 5.78 Å². The number of rotatable bonds is 1.